The Hall–Kier alpha value is -0.650. The molecule has 0 aromatic rings. The molecule has 0 bridgehead atoms. The lowest BCUT2D eigenvalue weighted by molar-refractivity contribution is -0.137. The minimum atomic E-state index is -0.725. The summed E-state index contributed by atoms with van der Waals surface area (Å²) in [4.78, 5) is 15.0. The molecule has 22 heavy (non-hydrogen) atoms. The number of rotatable bonds is 15. The number of unbranched alkanes of at least 4 members (excludes halogenated alkanes) is 2. The van der Waals surface area contributed by atoms with Gasteiger partial charge in [-0.2, -0.15) is 0 Å². The van der Waals surface area contributed by atoms with Gasteiger partial charge in [0.1, 0.15) is 0 Å². The van der Waals surface area contributed by atoms with Crippen LogP contribution in [0.25, 0.3) is 0 Å². The summed E-state index contributed by atoms with van der Waals surface area (Å²) in [5.41, 5.74) is 0. The van der Waals surface area contributed by atoms with Gasteiger partial charge in [0, 0.05) is 25.7 Å². The van der Waals surface area contributed by atoms with E-state index in [1.54, 1.807) is 0 Å². The first-order valence-corrected chi connectivity index (χ1v) is 8.81. The number of carboxylic acid groups (broad SMARTS) is 1. The second-order valence-electron chi connectivity index (χ2n) is 6.31. The fourth-order valence-electron chi connectivity index (χ4n) is 2.43. The quantitative estimate of drug-likeness (QED) is 0.454. The van der Waals surface area contributed by atoms with Crippen LogP contribution >= 0.6 is 0 Å². The van der Waals surface area contributed by atoms with Crippen molar-refractivity contribution in [2.75, 3.05) is 46.8 Å². The molecule has 0 aliphatic rings. The van der Waals surface area contributed by atoms with E-state index >= 15 is 0 Å². The first kappa shape index (κ1) is 21.4. The number of hydrogen-bond donors (Lipinski definition) is 2. The third-order valence-corrected chi connectivity index (χ3v) is 4.13. The molecule has 0 heterocycles. The van der Waals surface area contributed by atoms with Gasteiger partial charge < -0.3 is 20.2 Å². The predicted octanol–water partition coefficient (Wildman–Crippen LogP) is 2.27. The van der Waals surface area contributed by atoms with Gasteiger partial charge in [0.05, 0.1) is 6.42 Å². The van der Waals surface area contributed by atoms with Gasteiger partial charge in [0.25, 0.3) is 0 Å². The summed E-state index contributed by atoms with van der Waals surface area (Å²) < 4.78 is 0. The molecule has 0 spiro atoms. The molecule has 0 fully saturated rings. The molecule has 0 saturated heterocycles. The molecule has 0 radical (unpaired) electrons. The number of carboxylic acids is 1. The molecule has 0 amide bonds. The smallest absolute Gasteiger partial charge is 0.304 e. The highest BCUT2D eigenvalue weighted by molar-refractivity contribution is 5.66. The fraction of sp³-hybridized carbons (Fsp3) is 0.941. The van der Waals surface area contributed by atoms with Crippen molar-refractivity contribution in [1.29, 1.82) is 0 Å². The first-order valence-electron chi connectivity index (χ1n) is 8.81. The van der Waals surface area contributed by atoms with Gasteiger partial charge in [0.2, 0.25) is 0 Å². The maximum Gasteiger partial charge on any atom is 0.304 e. The fourth-order valence-corrected chi connectivity index (χ4v) is 2.43. The van der Waals surface area contributed by atoms with Crippen molar-refractivity contribution in [2.24, 2.45) is 0 Å². The Kier molecular flexibility index (Phi) is 13.6. The Morgan fingerprint density at radius 2 is 1.73 bits per heavy atom. The summed E-state index contributed by atoms with van der Waals surface area (Å²) >= 11 is 0. The Labute approximate surface area is 137 Å². The molecule has 0 aromatic heterocycles. The van der Waals surface area contributed by atoms with E-state index in [0.717, 1.165) is 26.1 Å². The van der Waals surface area contributed by atoms with Crippen LogP contribution in [0.3, 0.4) is 0 Å². The second-order valence-corrected chi connectivity index (χ2v) is 6.31. The molecule has 1 unspecified atom stereocenters. The highest BCUT2D eigenvalue weighted by atomic mass is 16.4. The zero-order valence-electron chi connectivity index (χ0n) is 15.1. The zero-order chi connectivity index (χ0) is 16.8. The summed E-state index contributed by atoms with van der Waals surface area (Å²) in [6, 6.07) is 0.557. The molecule has 0 aromatic carbocycles. The number of likely N-dealkylation sites (N-methyl/N-ethyl adjacent to an activating group) is 1. The minimum Gasteiger partial charge on any atom is -0.481 e. The van der Waals surface area contributed by atoms with Crippen molar-refractivity contribution in [2.45, 2.75) is 58.4 Å². The number of hydrogen-bond acceptors (Lipinski definition) is 4. The van der Waals surface area contributed by atoms with Crippen molar-refractivity contribution in [3.05, 3.63) is 0 Å². The van der Waals surface area contributed by atoms with E-state index in [1.807, 2.05) is 7.05 Å². The van der Waals surface area contributed by atoms with Crippen LogP contribution in [0, 0.1) is 0 Å². The molecular formula is C17H37N3O2. The van der Waals surface area contributed by atoms with Crippen LogP contribution < -0.4 is 5.32 Å². The molecule has 0 aliphatic heterocycles. The molecule has 5 nitrogen and oxygen atoms in total. The lowest BCUT2D eigenvalue weighted by Gasteiger charge is -2.23. The molecule has 132 valence electrons. The largest absolute Gasteiger partial charge is 0.481 e. The third kappa shape index (κ3) is 13.0. The first-order chi connectivity index (χ1) is 10.5. The van der Waals surface area contributed by atoms with Gasteiger partial charge in [-0.1, -0.05) is 26.7 Å². The van der Waals surface area contributed by atoms with Crippen LogP contribution in [0.4, 0.5) is 0 Å². The maximum atomic E-state index is 10.5. The van der Waals surface area contributed by atoms with E-state index in [2.05, 4.69) is 36.0 Å². The SMILES string of the molecule is CCCCCN(C)CCC(CC)NCCN(C)CCC(=O)O. The molecule has 0 saturated carbocycles. The van der Waals surface area contributed by atoms with Crippen molar-refractivity contribution < 1.29 is 9.90 Å². The van der Waals surface area contributed by atoms with Crippen molar-refractivity contribution in [3.8, 4) is 0 Å². The van der Waals surface area contributed by atoms with E-state index in [1.165, 1.54) is 32.2 Å². The predicted molar refractivity (Wildman–Crippen MR) is 93.5 cm³/mol. The number of nitrogens with zero attached hydrogens (tertiary/aromatic N) is 2. The van der Waals surface area contributed by atoms with Gasteiger partial charge in [-0.25, -0.2) is 0 Å². The average molecular weight is 316 g/mol. The van der Waals surface area contributed by atoms with Crippen molar-refractivity contribution >= 4 is 5.97 Å². The monoisotopic (exact) mass is 315 g/mol. The Morgan fingerprint density at radius 3 is 2.32 bits per heavy atom. The number of nitrogens with one attached hydrogen (secondary N) is 1. The van der Waals surface area contributed by atoms with Gasteiger partial charge in [-0.15, -0.1) is 0 Å². The van der Waals surface area contributed by atoms with Crippen LogP contribution in [-0.4, -0.2) is 73.7 Å². The minimum absolute atomic E-state index is 0.219. The average Bonchev–Trinajstić information content (AvgIpc) is 2.48. The van der Waals surface area contributed by atoms with E-state index in [-0.39, 0.29) is 6.42 Å². The summed E-state index contributed by atoms with van der Waals surface area (Å²) in [7, 11) is 4.19. The topological polar surface area (TPSA) is 55.8 Å². The third-order valence-electron chi connectivity index (χ3n) is 4.13. The number of carbonyl (C=O) groups is 1. The van der Waals surface area contributed by atoms with E-state index in [9.17, 15) is 4.79 Å². The van der Waals surface area contributed by atoms with E-state index in [0.29, 0.717) is 12.6 Å². The van der Waals surface area contributed by atoms with Gasteiger partial charge in [-0.05, 0) is 46.4 Å². The lowest BCUT2D eigenvalue weighted by atomic mass is 10.1. The van der Waals surface area contributed by atoms with E-state index < -0.39 is 5.97 Å². The Balaban J connectivity index is 3.71. The Bertz CT molecular complexity index is 275. The zero-order valence-corrected chi connectivity index (χ0v) is 15.1. The van der Waals surface area contributed by atoms with E-state index in [4.69, 9.17) is 5.11 Å². The maximum absolute atomic E-state index is 10.5. The normalized spacial score (nSPS) is 13.0. The molecule has 5 heteroatoms. The van der Waals surface area contributed by atoms with Crippen LogP contribution in [0.1, 0.15) is 52.4 Å². The summed E-state index contributed by atoms with van der Waals surface area (Å²) in [6.07, 6.45) is 6.44. The van der Waals surface area contributed by atoms with Gasteiger partial charge in [-0.3, -0.25) is 4.79 Å². The highest BCUT2D eigenvalue weighted by Crippen LogP contribution is 2.02. The summed E-state index contributed by atoms with van der Waals surface area (Å²) in [6.45, 7) is 9.25. The lowest BCUT2D eigenvalue weighted by Crippen LogP contribution is -2.38. The van der Waals surface area contributed by atoms with Crippen LogP contribution in [0.15, 0.2) is 0 Å². The molecule has 1 atom stereocenters. The second kappa shape index (κ2) is 14.0. The van der Waals surface area contributed by atoms with Crippen LogP contribution in [0.5, 0.6) is 0 Å². The van der Waals surface area contributed by atoms with Crippen LogP contribution in [-0.2, 0) is 4.79 Å². The molecular weight excluding hydrogens is 278 g/mol. The van der Waals surface area contributed by atoms with Gasteiger partial charge >= 0.3 is 5.97 Å². The number of aliphatic carboxylic acids is 1. The Morgan fingerprint density at radius 1 is 1.05 bits per heavy atom. The summed E-state index contributed by atoms with van der Waals surface area (Å²) in [5, 5.41) is 12.3. The van der Waals surface area contributed by atoms with Crippen molar-refractivity contribution in [3.63, 3.8) is 0 Å². The molecule has 0 rings (SSSR count). The summed E-state index contributed by atoms with van der Waals surface area (Å²) in [5.74, 6) is -0.725. The highest BCUT2D eigenvalue weighted by Gasteiger charge is 2.08. The molecule has 0 aliphatic carbocycles. The van der Waals surface area contributed by atoms with Gasteiger partial charge in [0.15, 0.2) is 0 Å². The molecule has 2 N–H and O–H groups in total. The standard InChI is InChI=1S/C17H37N3O2/c1-5-7-8-12-19(3)13-9-16(6-2)18-11-15-20(4)14-10-17(21)22/h16,18H,5-15H2,1-4H3,(H,21,22). The van der Waals surface area contributed by atoms with Crippen molar-refractivity contribution in [1.82, 2.24) is 15.1 Å². The van der Waals surface area contributed by atoms with Crippen LogP contribution in [0.2, 0.25) is 0 Å².